The first-order chi connectivity index (χ1) is 15.5. The van der Waals surface area contributed by atoms with Crippen molar-refractivity contribution in [1.82, 2.24) is 9.88 Å². The second-order valence-corrected chi connectivity index (χ2v) is 8.27. The average Bonchev–Trinajstić information content (AvgIpc) is 3.45. The van der Waals surface area contributed by atoms with Gasteiger partial charge in [0.2, 0.25) is 17.5 Å². The maximum Gasteiger partial charge on any atom is 0.266 e. The number of nitrogens with one attached hydrogen (secondary N) is 1. The van der Waals surface area contributed by atoms with E-state index in [1.807, 2.05) is 24.0 Å². The molecule has 1 N–H and O–H groups in total. The van der Waals surface area contributed by atoms with Crippen molar-refractivity contribution in [3.8, 4) is 17.7 Å². The molecule has 166 valence electrons. The van der Waals surface area contributed by atoms with E-state index in [1.165, 1.54) is 6.26 Å². The largest absolute Gasteiger partial charge is 0.459 e. The van der Waals surface area contributed by atoms with Crippen molar-refractivity contribution in [3.05, 3.63) is 53.4 Å². The smallest absolute Gasteiger partial charge is 0.266 e. The van der Waals surface area contributed by atoms with Gasteiger partial charge in [0.05, 0.1) is 12.8 Å². The number of aryl methyl sites for hydroxylation is 1. The number of para-hydroxylation sites is 1. The minimum atomic E-state index is -0.0212. The highest BCUT2D eigenvalue weighted by atomic mass is 16.4. The molecule has 1 amide bonds. The Bertz CT molecular complexity index is 1120. The first kappa shape index (κ1) is 21.7. The van der Waals surface area contributed by atoms with Gasteiger partial charge in [-0.2, -0.15) is 10.2 Å². The van der Waals surface area contributed by atoms with Gasteiger partial charge in [0.25, 0.3) is 5.89 Å². The Morgan fingerprint density at radius 1 is 1.22 bits per heavy atom. The van der Waals surface area contributed by atoms with E-state index in [0.717, 1.165) is 16.8 Å². The van der Waals surface area contributed by atoms with Crippen LogP contribution in [0.25, 0.3) is 11.7 Å². The third-order valence-electron chi connectivity index (χ3n) is 5.67. The van der Waals surface area contributed by atoms with Gasteiger partial charge in [0, 0.05) is 31.9 Å². The van der Waals surface area contributed by atoms with E-state index in [4.69, 9.17) is 8.83 Å². The molecule has 1 saturated heterocycles. The molecule has 1 aliphatic rings. The van der Waals surface area contributed by atoms with Gasteiger partial charge in [-0.05, 0) is 36.1 Å². The number of nitriles is 1. The van der Waals surface area contributed by atoms with Crippen LogP contribution in [0.1, 0.15) is 36.6 Å². The Kier molecular flexibility index (Phi) is 6.28. The zero-order valence-electron chi connectivity index (χ0n) is 18.6. The van der Waals surface area contributed by atoms with Gasteiger partial charge in [-0.25, -0.2) is 0 Å². The SMILES string of the molecule is Cc1cccc(C(C)C)c1NC(=O)CN1CCN(c2oc(-c3ccco3)nc2C#N)CC1. The lowest BCUT2D eigenvalue weighted by atomic mass is 9.98. The monoisotopic (exact) mass is 433 g/mol. The van der Waals surface area contributed by atoms with Gasteiger partial charge in [0.1, 0.15) is 6.07 Å². The standard InChI is InChI=1S/C24H27N5O3/c1-16(2)18-7-4-6-17(3)22(18)27-21(30)15-28-9-11-29(12-10-28)24-19(14-25)26-23(32-24)20-8-5-13-31-20/h4-8,13,16H,9-12,15H2,1-3H3,(H,27,30). The molecule has 0 unspecified atom stereocenters. The lowest BCUT2D eigenvalue weighted by molar-refractivity contribution is -0.117. The zero-order valence-corrected chi connectivity index (χ0v) is 18.6. The number of aromatic nitrogens is 1. The van der Waals surface area contributed by atoms with Gasteiger partial charge in [-0.1, -0.05) is 32.0 Å². The highest BCUT2D eigenvalue weighted by molar-refractivity contribution is 5.94. The summed E-state index contributed by atoms with van der Waals surface area (Å²) in [5.74, 6) is 1.54. The number of carbonyl (C=O) groups excluding carboxylic acids is 1. The summed E-state index contributed by atoms with van der Waals surface area (Å²) >= 11 is 0. The molecule has 0 bridgehead atoms. The van der Waals surface area contributed by atoms with Crippen LogP contribution in [0.15, 0.2) is 45.4 Å². The van der Waals surface area contributed by atoms with Crippen molar-refractivity contribution in [2.24, 2.45) is 0 Å². The fraction of sp³-hybridized carbons (Fsp3) is 0.375. The molecular weight excluding hydrogens is 406 g/mol. The van der Waals surface area contributed by atoms with E-state index < -0.39 is 0 Å². The van der Waals surface area contributed by atoms with Crippen molar-refractivity contribution in [2.75, 3.05) is 42.9 Å². The van der Waals surface area contributed by atoms with E-state index in [0.29, 0.717) is 56.2 Å². The number of amides is 1. The molecule has 0 aliphatic carbocycles. The molecule has 3 heterocycles. The summed E-state index contributed by atoms with van der Waals surface area (Å²) in [5, 5.41) is 12.6. The highest BCUT2D eigenvalue weighted by Crippen LogP contribution is 2.29. The fourth-order valence-corrected chi connectivity index (χ4v) is 3.94. The fourth-order valence-electron chi connectivity index (χ4n) is 3.94. The minimum Gasteiger partial charge on any atom is -0.459 e. The summed E-state index contributed by atoms with van der Waals surface area (Å²) in [6.07, 6.45) is 1.54. The second kappa shape index (κ2) is 9.28. The van der Waals surface area contributed by atoms with Crippen LogP contribution in [0.4, 0.5) is 11.6 Å². The number of oxazole rings is 1. The quantitative estimate of drug-likeness (QED) is 0.627. The molecule has 8 heteroatoms. The summed E-state index contributed by atoms with van der Waals surface area (Å²) in [7, 11) is 0. The molecule has 8 nitrogen and oxygen atoms in total. The summed E-state index contributed by atoms with van der Waals surface area (Å²) in [5.41, 5.74) is 3.36. The molecule has 0 spiro atoms. The summed E-state index contributed by atoms with van der Waals surface area (Å²) < 4.78 is 11.2. The van der Waals surface area contributed by atoms with Crippen LogP contribution >= 0.6 is 0 Å². The normalized spacial score (nSPS) is 14.5. The van der Waals surface area contributed by atoms with Gasteiger partial charge >= 0.3 is 0 Å². The number of benzene rings is 1. The minimum absolute atomic E-state index is 0.0212. The van der Waals surface area contributed by atoms with Crippen molar-refractivity contribution in [3.63, 3.8) is 0 Å². The number of anilines is 2. The molecule has 2 aromatic heterocycles. The number of hydrogen-bond donors (Lipinski definition) is 1. The number of rotatable bonds is 6. The van der Waals surface area contributed by atoms with Gasteiger partial charge in [-0.15, -0.1) is 0 Å². The second-order valence-electron chi connectivity index (χ2n) is 8.27. The van der Waals surface area contributed by atoms with E-state index in [2.05, 4.69) is 41.2 Å². The lowest BCUT2D eigenvalue weighted by Crippen LogP contribution is -2.48. The number of hydrogen-bond acceptors (Lipinski definition) is 7. The van der Waals surface area contributed by atoms with Crippen LogP contribution in [0, 0.1) is 18.3 Å². The van der Waals surface area contributed by atoms with Gasteiger partial charge < -0.3 is 19.1 Å². The molecule has 0 saturated carbocycles. The Morgan fingerprint density at radius 2 is 2.00 bits per heavy atom. The molecule has 1 aliphatic heterocycles. The Morgan fingerprint density at radius 3 is 2.66 bits per heavy atom. The molecule has 4 rings (SSSR count). The Balaban J connectivity index is 1.37. The van der Waals surface area contributed by atoms with E-state index in [1.54, 1.807) is 12.1 Å². The maximum atomic E-state index is 12.7. The summed E-state index contributed by atoms with van der Waals surface area (Å²) in [6.45, 7) is 9.21. The van der Waals surface area contributed by atoms with Crippen LogP contribution in [0.3, 0.4) is 0 Å². The number of carbonyl (C=O) groups is 1. The third-order valence-corrected chi connectivity index (χ3v) is 5.67. The van der Waals surface area contributed by atoms with Crippen LogP contribution in [0.5, 0.6) is 0 Å². The van der Waals surface area contributed by atoms with Crippen molar-refractivity contribution in [1.29, 1.82) is 5.26 Å². The van der Waals surface area contributed by atoms with E-state index in [9.17, 15) is 10.1 Å². The highest BCUT2D eigenvalue weighted by Gasteiger charge is 2.26. The average molecular weight is 434 g/mol. The zero-order chi connectivity index (χ0) is 22.7. The maximum absolute atomic E-state index is 12.7. The van der Waals surface area contributed by atoms with Crippen LogP contribution in [-0.4, -0.2) is 48.5 Å². The van der Waals surface area contributed by atoms with Gasteiger partial charge in [0.15, 0.2) is 5.76 Å². The number of piperazine rings is 1. The molecule has 32 heavy (non-hydrogen) atoms. The lowest BCUT2D eigenvalue weighted by Gasteiger charge is -2.34. The van der Waals surface area contributed by atoms with Crippen LogP contribution < -0.4 is 10.2 Å². The molecule has 1 fully saturated rings. The first-order valence-corrected chi connectivity index (χ1v) is 10.8. The Labute approximate surface area is 187 Å². The molecule has 1 aromatic carbocycles. The Hall–Kier alpha value is -3.57. The summed E-state index contributed by atoms with van der Waals surface area (Å²) in [4.78, 5) is 21.1. The van der Waals surface area contributed by atoms with Crippen LogP contribution in [0.2, 0.25) is 0 Å². The molecule has 3 aromatic rings. The van der Waals surface area contributed by atoms with Crippen LogP contribution in [-0.2, 0) is 4.79 Å². The van der Waals surface area contributed by atoms with E-state index in [-0.39, 0.29) is 11.6 Å². The first-order valence-electron chi connectivity index (χ1n) is 10.8. The molecule has 0 atom stereocenters. The number of nitrogens with zero attached hydrogens (tertiary/aromatic N) is 4. The molecule has 0 radical (unpaired) electrons. The predicted molar refractivity (Wildman–Crippen MR) is 121 cm³/mol. The predicted octanol–water partition coefficient (Wildman–Crippen LogP) is 4.00. The van der Waals surface area contributed by atoms with Crippen molar-refractivity contribution in [2.45, 2.75) is 26.7 Å². The van der Waals surface area contributed by atoms with Crippen molar-refractivity contribution >= 4 is 17.5 Å². The summed E-state index contributed by atoms with van der Waals surface area (Å²) in [6, 6.07) is 11.7. The topological polar surface area (TPSA) is 98.5 Å². The third kappa shape index (κ3) is 4.53. The van der Waals surface area contributed by atoms with Crippen molar-refractivity contribution < 1.29 is 13.6 Å². The molecular formula is C24H27N5O3. The van der Waals surface area contributed by atoms with Gasteiger partial charge in [-0.3, -0.25) is 9.69 Å². The van der Waals surface area contributed by atoms with E-state index >= 15 is 0 Å². The number of furan rings is 1.